The van der Waals surface area contributed by atoms with Crippen molar-refractivity contribution in [3.05, 3.63) is 24.2 Å². The van der Waals surface area contributed by atoms with E-state index in [2.05, 4.69) is 21.4 Å². The van der Waals surface area contributed by atoms with Crippen molar-refractivity contribution < 1.29 is 0 Å². The van der Waals surface area contributed by atoms with Gasteiger partial charge in [-0.1, -0.05) is 6.92 Å². The maximum atomic E-state index is 5.94. The van der Waals surface area contributed by atoms with E-state index < -0.39 is 0 Å². The van der Waals surface area contributed by atoms with Gasteiger partial charge in [0, 0.05) is 25.0 Å². The van der Waals surface area contributed by atoms with Crippen LogP contribution in [0, 0.1) is 5.92 Å². The van der Waals surface area contributed by atoms with E-state index in [4.69, 9.17) is 16.6 Å². The van der Waals surface area contributed by atoms with Crippen molar-refractivity contribution in [3.63, 3.8) is 0 Å². The minimum atomic E-state index is 0.609. The van der Waals surface area contributed by atoms with Crippen LogP contribution in [0.1, 0.15) is 25.6 Å². The quantitative estimate of drug-likeness (QED) is 0.797. The predicted octanol–water partition coefficient (Wildman–Crippen LogP) is 2.94. The Kier molecular flexibility index (Phi) is 4.76. The normalized spacial score (nSPS) is 17.6. The fourth-order valence-corrected chi connectivity index (χ4v) is 3.39. The first-order chi connectivity index (χ1) is 10.3. The smallest absolute Gasteiger partial charge is 0.159 e. The fourth-order valence-electron chi connectivity index (χ4n) is 3.22. The zero-order valence-electron chi connectivity index (χ0n) is 12.6. The van der Waals surface area contributed by atoms with Crippen LogP contribution in [0.25, 0.3) is 11.2 Å². The Bertz CT molecular complexity index is 587. The molecule has 0 N–H and O–H groups in total. The van der Waals surface area contributed by atoms with Crippen molar-refractivity contribution in [2.75, 3.05) is 25.5 Å². The first-order valence-corrected chi connectivity index (χ1v) is 8.43. The second-order valence-corrected chi connectivity index (χ2v) is 6.18. The van der Waals surface area contributed by atoms with Crippen molar-refractivity contribution in [2.24, 2.45) is 5.92 Å². The van der Waals surface area contributed by atoms with Crippen LogP contribution in [0.3, 0.4) is 0 Å². The Hall–Kier alpha value is -1.13. The highest BCUT2D eigenvalue weighted by Crippen LogP contribution is 2.22. The van der Waals surface area contributed by atoms with Gasteiger partial charge in [-0.15, -0.1) is 11.6 Å². The molecular formula is C16H23ClN4. The molecule has 2 aromatic rings. The first-order valence-electron chi connectivity index (χ1n) is 7.90. The number of likely N-dealkylation sites (tertiary alicyclic amines) is 1. The molecule has 114 valence electrons. The summed E-state index contributed by atoms with van der Waals surface area (Å²) in [6, 6.07) is 3.99. The van der Waals surface area contributed by atoms with Crippen molar-refractivity contribution >= 4 is 22.8 Å². The van der Waals surface area contributed by atoms with Gasteiger partial charge in [0.05, 0.1) is 0 Å². The summed E-state index contributed by atoms with van der Waals surface area (Å²) in [5.41, 5.74) is 2.00. The molecule has 0 aromatic carbocycles. The Morgan fingerprint density at radius 1 is 1.33 bits per heavy atom. The molecule has 0 atom stereocenters. The number of fused-ring (bicyclic) bond motifs is 1. The number of imidazole rings is 1. The van der Waals surface area contributed by atoms with Gasteiger partial charge in [-0.25, -0.2) is 9.97 Å². The summed E-state index contributed by atoms with van der Waals surface area (Å²) in [7, 11) is 0. The second kappa shape index (κ2) is 6.75. The monoisotopic (exact) mass is 306 g/mol. The molecule has 2 aromatic heterocycles. The van der Waals surface area contributed by atoms with E-state index in [0.717, 1.165) is 35.9 Å². The van der Waals surface area contributed by atoms with Crippen LogP contribution in [0.2, 0.25) is 0 Å². The van der Waals surface area contributed by atoms with Gasteiger partial charge in [-0.2, -0.15) is 0 Å². The second-order valence-electron chi connectivity index (χ2n) is 5.80. The number of nitrogens with zero attached hydrogens (tertiary/aromatic N) is 4. The van der Waals surface area contributed by atoms with E-state index >= 15 is 0 Å². The van der Waals surface area contributed by atoms with Gasteiger partial charge in [0.2, 0.25) is 0 Å². The minimum absolute atomic E-state index is 0.609. The van der Waals surface area contributed by atoms with Gasteiger partial charge in [0.1, 0.15) is 11.3 Å². The number of halogens is 1. The Balaban J connectivity index is 1.80. The van der Waals surface area contributed by atoms with Gasteiger partial charge in [-0.3, -0.25) is 0 Å². The summed E-state index contributed by atoms with van der Waals surface area (Å²) < 4.78 is 2.30. The molecule has 1 fully saturated rings. The molecule has 0 amide bonds. The Labute approximate surface area is 131 Å². The van der Waals surface area contributed by atoms with Crippen LogP contribution in [-0.4, -0.2) is 44.9 Å². The molecule has 0 radical (unpaired) electrons. The summed E-state index contributed by atoms with van der Waals surface area (Å²) in [5, 5.41) is 0. The van der Waals surface area contributed by atoms with Crippen molar-refractivity contribution in [1.82, 2.24) is 19.4 Å². The molecule has 1 aliphatic rings. The summed E-state index contributed by atoms with van der Waals surface area (Å²) in [6.45, 7) is 6.86. The van der Waals surface area contributed by atoms with Crippen LogP contribution < -0.4 is 0 Å². The SMILES string of the molecule is CCN1CCC(Cn2c(CCCl)nc3cccnc32)CC1. The standard InChI is InChI=1S/C16H23ClN4/c1-2-20-10-6-13(7-11-20)12-21-15(5-8-17)19-14-4-3-9-18-16(14)21/h3-4,9,13H,2,5-8,10-12H2,1H3. The number of pyridine rings is 1. The molecule has 3 rings (SSSR count). The van der Waals surface area contributed by atoms with Crippen LogP contribution in [0.15, 0.2) is 18.3 Å². The summed E-state index contributed by atoms with van der Waals surface area (Å²) in [5.74, 6) is 2.41. The average molecular weight is 307 g/mol. The van der Waals surface area contributed by atoms with Crippen molar-refractivity contribution in [1.29, 1.82) is 0 Å². The van der Waals surface area contributed by atoms with Gasteiger partial charge < -0.3 is 9.47 Å². The minimum Gasteiger partial charge on any atom is -0.312 e. The molecule has 3 heterocycles. The molecule has 0 unspecified atom stereocenters. The van der Waals surface area contributed by atoms with Crippen LogP contribution in [-0.2, 0) is 13.0 Å². The maximum Gasteiger partial charge on any atom is 0.159 e. The third-order valence-electron chi connectivity index (χ3n) is 4.50. The molecule has 5 heteroatoms. The van der Waals surface area contributed by atoms with Gasteiger partial charge in [-0.05, 0) is 50.5 Å². The number of aromatic nitrogens is 3. The van der Waals surface area contributed by atoms with Crippen LogP contribution in [0.4, 0.5) is 0 Å². The molecule has 1 saturated heterocycles. The maximum absolute atomic E-state index is 5.94. The Morgan fingerprint density at radius 3 is 2.86 bits per heavy atom. The third kappa shape index (κ3) is 3.22. The van der Waals surface area contributed by atoms with Crippen LogP contribution >= 0.6 is 11.6 Å². The first kappa shape index (κ1) is 14.8. The highest BCUT2D eigenvalue weighted by Gasteiger charge is 2.21. The lowest BCUT2D eigenvalue weighted by Gasteiger charge is -2.31. The number of hydrogen-bond donors (Lipinski definition) is 0. The molecule has 0 spiro atoms. The molecule has 0 saturated carbocycles. The van der Waals surface area contributed by atoms with Crippen LogP contribution in [0.5, 0.6) is 0 Å². The van der Waals surface area contributed by atoms with Gasteiger partial charge in [0.25, 0.3) is 0 Å². The molecular weight excluding hydrogens is 284 g/mol. The van der Waals surface area contributed by atoms with Gasteiger partial charge in [0.15, 0.2) is 5.65 Å². The highest BCUT2D eigenvalue weighted by atomic mass is 35.5. The molecule has 4 nitrogen and oxygen atoms in total. The number of alkyl halides is 1. The number of piperidine rings is 1. The summed E-state index contributed by atoms with van der Waals surface area (Å²) >= 11 is 5.94. The van der Waals surface area contributed by atoms with E-state index in [1.807, 2.05) is 18.3 Å². The van der Waals surface area contributed by atoms with E-state index in [-0.39, 0.29) is 0 Å². The van der Waals surface area contributed by atoms with Gasteiger partial charge >= 0.3 is 0 Å². The lowest BCUT2D eigenvalue weighted by atomic mass is 9.96. The number of rotatable bonds is 5. The summed E-state index contributed by atoms with van der Waals surface area (Å²) in [4.78, 5) is 11.8. The van der Waals surface area contributed by atoms with E-state index in [9.17, 15) is 0 Å². The molecule has 0 aliphatic carbocycles. The van der Waals surface area contributed by atoms with E-state index in [0.29, 0.717) is 5.88 Å². The Morgan fingerprint density at radius 2 is 2.14 bits per heavy atom. The third-order valence-corrected chi connectivity index (χ3v) is 4.69. The zero-order valence-corrected chi connectivity index (χ0v) is 13.4. The van der Waals surface area contributed by atoms with Crippen molar-refractivity contribution in [3.8, 4) is 0 Å². The van der Waals surface area contributed by atoms with E-state index in [1.54, 1.807) is 0 Å². The lowest BCUT2D eigenvalue weighted by Crippen LogP contribution is -2.34. The molecule has 21 heavy (non-hydrogen) atoms. The van der Waals surface area contributed by atoms with E-state index in [1.165, 1.54) is 32.5 Å². The number of aryl methyl sites for hydroxylation is 1. The largest absolute Gasteiger partial charge is 0.312 e. The lowest BCUT2D eigenvalue weighted by molar-refractivity contribution is 0.181. The van der Waals surface area contributed by atoms with Crippen molar-refractivity contribution in [2.45, 2.75) is 32.7 Å². The summed E-state index contributed by atoms with van der Waals surface area (Å²) in [6.07, 6.45) is 5.19. The predicted molar refractivity (Wildman–Crippen MR) is 86.8 cm³/mol. The topological polar surface area (TPSA) is 34.0 Å². The highest BCUT2D eigenvalue weighted by molar-refractivity contribution is 6.17. The zero-order chi connectivity index (χ0) is 14.7. The fraction of sp³-hybridized carbons (Fsp3) is 0.625. The average Bonchev–Trinajstić information content (AvgIpc) is 2.86. The number of hydrogen-bond acceptors (Lipinski definition) is 3. The molecule has 1 aliphatic heterocycles. The molecule has 0 bridgehead atoms.